The Bertz CT molecular complexity index is 450. The van der Waals surface area contributed by atoms with Crippen molar-refractivity contribution in [2.45, 2.75) is 19.4 Å². The van der Waals surface area contributed by atoms with Crippen LogP contribution in [0.2, 0.25) is 0 Å². The summed E-state index contributed by atoms with van der Waals surface area (Å²) in [7, 11) is 0. The summed E-state index contributed by atoms with van der Waals surface area (Å²) in [5.41, 5.74) is 0.245. The van der Waals surface area contributed by atoms with Crippen molar-refractivity contribution in [1.82, 2.24) is 5.32 Å². The number of carboxylic acid groups (broad SMARTS) is 1. The SMILES string of the molecule is CC(=O)N[C@@H](Cc1ccc(Br)cc1F)C(=O)O. The smallest absolute Gasteiger partial charge is 0.326 e. The van der Waals surface area contributed by atoms with Crippen molar-refractivity contribution in [1.29, 1.82) is 0 Å². The highest BCUT2D eigenvalue weighted by molar-refractivity contribution is 9.10. The number of carbonyl (C=O) groups excluding carboxylic acids is 1. The maximum atomic E-state index is 13.5. The molecule has 0 heterocycles. The van der Waals surface area contributed by atoms with Gasteiger partial charge in [-0.15, -0.1) is 0 Å². The van der Waals surface area contributed by atoms with E-state index in [-0.39, 0.29) is 12.0 Å². The quantitative estimate of drug-likeness (QED) is 0.890. The van der Waals surface area contributed by atoms with Gasteiger partial charge in [0.15, 0.2) is 0 Å². The molecule has 1 amide bonds. The molecule has 1 aromatic rings. The maximum Gasteiger partial charge on any atom is 0.326 e. The first-order valence-corrected chi connectivity index (χ1v) is 5.63. The molecule has 0 saturated heterocycles. The van der Waals surface area contributed by atoms with Gasteiger partial charge in [0.1, 0.15) is 11.9 Å². The first-order valence-electron chi connectivity index (χ1n) is 4.84. The summed E-state index contributed by atoms with van der Waals surface area (Å²) < 4.78 is 14.1. The molecule has 2 N–H and O–H groups in total. The zero-order valence-corrected chi connectivity index (χ0v) is 10.6. The summed E-state index contributed by atoms with van der Waals surface area (Å²) in [5, 5.41) is 11.1. The number of hydrogen-bond acceptors (Lipinski definition) is 2. The van der Waals surface area contributed by atoms with E-state index in [4.69, 9.17) is 5.11 Å². The second-order valence-electron chi connectivity index (χ2n) is 3.53. The van der Waals surface area contributed by atoms with E-state index in [0.717, 1.165) is 0 Å². The van der Waals surface area contributed by atoms with E-state index in [2.05, 4.69) is 21.2 Å². The molecule has 4 nitrogen and oxygen atoms in total. The molecule has 17 heavy (non-hydrogen) atoms. The first-order chi connectivity index (χ1) is 7.90. The monoisotopic (exact) mass is 303 g/mol. The molecule has 0 fully saturated rings. The third kappa shape index (κ3) is 4.14. The fraction of sp³-hybridized carbons (Fsp3) is 0.273. The minimum Gasteiger partial charge on any atom is -0.480 e. The van der Waals surface area contributed by atoms with Crippen LogP contribution in [0.1, 0.15) is 12.5 Å². The highest BCUT2D eigenvalue weighted by atomic mass is 79.9. The lowest BCUT2D eigenvalue weighted by Crippen LogP contribution is -2.41. The molecular formula is C11H11BrFNO3. The van der Waals surface area contributed by atoms with Crippen molar-refractivity contribution >= 4 is 27.8 Å². The number of hydrogen-bond donors (Lipinski definition) is 2. The zero-order chi connectivity index (χ0) is 13.0. The van der Waals surface area contributed by atoms with Gasteiger partial charge in [-0.1, -0.05) is 22.0 Å². The van der Waals surface area contributed by atoms with Gasteiger partial charge < -0.3 is 10.4 Å². The van der Waals surface area contributed by atoms with E-state index in [9.17, 15) is 14.0 Å². The normalized spacial score (nSPS) is 11.9. The molecule has 1 atom stereocenters. The lowest BCUT2D eigenvalue weighted by molar-refractivity contribution is -0.141. The summed E-state index contributed by atoms with van der Waals surface area (Å²) >= 11 is 3.11. The van der Waals surface area contributed by atoms with Gasteiger partial charge in [-0.25, -0.2) is 9.18 Å². The van der Waals surface area contributed by atoms with E-state index in [1.165, 1.54) is 19.1 Å². The molecule has 0 spiro atoms. The van der Waals surface area contributed by atoms with Crippen LogP contribution in [0.15, 0.2) is 22.7 Å². The Morgan fingerprint density at radius 2 is 2.18 bits per heavy atom. The topological polar surface area (TPSA) is 66.4 Å². The Morgan fingerprint density at radius 3 is 2.65 bits per heavy atom. The van der Waals surface area contributed by atoms with Crippen LogP contribution < -0.4 is 5.32 Å². The van der Waals surface area contributed by atoms with Crippen LogP contribution in [-0.2, 0) is 16.0 Å². The average Bonchev–Trinajstić information content (AvgIpc) is 2.19. The molecule has 6 heteroatoms. The molecule has 0 bridgehead atoms. The van der Waals surface area contributed by atoms with Crippen LogP contribution in [-0.4, -0.2) is 23.0 Å². The minimum absolute atomic E-state index is 0.0893. The number of amides is 1. The molecular weight excluding hydrogens is 293 g/mol. The molecule has 92 valence electrons. The molecule has 0 unspecified atom stereocenters. The van der Waals surface area contributed by atoms with Crippen molar-refractivity contribution in [3.63, 3.8) is 0 Å². The van der Waals surface area contributed by atoms with E-state index in [1.807, 2.05) is 0 Å². The van der Waals surface area contributed by atoms with E-state index >= 15 is 0 Å². The molecule has 0 saturated carbocycles. The van der Waals surface area contributed by atoms with Gasteiger partial charge in [0.25, 0.3) is 0 Å². The van der Waals surface area contributed by atoms with E-state index < -0.39 is 23.7 Å². The largest absolute Gasteiger partial charge is 0.480 e. The molecule has 0 radical (unpaired) electrons. The predicted molar refractivity (Wildman–Crippen MR) is 63.0 cm³/mol. The van der Waals surface area contributed by atoms with Gasteiger partial charge in [0.2, 0.25) is 5.91 Å². The molecule has 0 aliphatic heterocycles. The van der Waals surface area contributed by atoms with Crippen molar-refractivity contribution in [3.05, 3.63) is 34.1 Å². The summed E-state index contributed by atoms with van der Waals surface area (Å²) in [6, 6.07) is 3.23. The van der Waals surface area contributed by atoms with Gasteiger partial charge in [0.05, 0.1) is 0 Å². The Kier molecular flexibility index (Phi) is 4.62. The highest BCUT2D eigenvalue weighted by Gasteiger charge is 2.20. The van der Waals surface area contributed by atoms with Crippen molar-refractivity contribution < 1.29 is 19.1 Å². The van der Waals surface area contributed by atoms with Gasteiger partial charge >= 0.3 is 5.97 Å². The Labute approximate surface area is 106 Å². The van der Waals surface area contributed by atoms with E-state index in [1.54, 1.807) is 6.07 Å². The lowest BCUT2D eigenvalue weighted by Gasteiger charge is -2.13. The third-order valence-corrected chi connectivity index (χ3v) is 2.61. The summed E-state index contributed by atoms with van der Waals surface area (Å²) in [6.07, 6.45) is -0.0893. The molecule has 0 aliphatic rings. The number of nitrogens with one attached hydrogen (secondary N) is 1. The fourth-order valence-electron chi connectivity index (χ4n) is 1.35. The fourth-order valence-corrected chi connectivity index (χ4v) is 1.69. The van der Waals surface area contributed by atoms with Gasteiger partial charge in [-0.05, 0) is 17.7 Å². The standard InChI is InChI=1S/C11H11BrFNO3/c1-6(15)14-10(11(16)17)4-7-2-3-8(12)5-9(7)13/h2-3,5,10H,4H2,1H3,(H,14,15)(H,16,17)/t10-/m0/s1. The van der Waals surface area contributed by atoms with Gasteiger partial charge in [0, 0.05) is 17.8 Å². The molecule has 0 aliphatic carbocycles. The zero-order valence-electron chi connectivity index (χ0n) is 9.04. The maximum absolute atomic E-state index is 13.5. The summed E-state index contributed by atoms with van der Waals surface area (Å²) in [6.45, 7) is 1.22. The minimum atomic E-state index is -1.19. The molecule has 0 aromatic heterocycles. The van der Waals surface area contributed by atoms with Crippen LogP contribution in [0.25, 0.3) is 0 Å². The number of halogens is 2. The average molecular weight is 304 g/mol. The number of benzene rings is 1. The van der Waals surface area contributed by atoms with Crippen LogP contribution >= 0.6 is 15.9 Å². The second kappa shape index (κ2) is 5.77. The van der Waals surface area contributed by atoms with Gasteiger partial charge in [-0.3, -0.25) is 4.79 Å². The van der Waals surface area contributed by atoms with Gasteiger partial charge in [-0.2, -0.15) is 0 Å². The number of rotatable bonds is 4. The van der Waals surface area contributed by atoms with E-state index in [0.29, 0.717) is 4.47 Å². The van der Waals surface area contributed by atoms with Crippen LogP contribution in [0, 0.1) is 5.82 Å². The highest BCUT2D eigenvalue weighted by Crippen LogP contribution is 2.16. The Morgan fingerprint density at radius 1 is 1.53 bits per heavy atom. The molecule has 1 rings (SSSR count). The Balaban J connectivity index is 2.86. The summed E-state index contributed by atoms with van der Waals surface area (Å²) in [4.78, 5) is 21.7. The van der Waals surface area contributed by atoms with Crippen molar-refractivity contribution in [2.75, 3.05) is 0 Å². The number of aliphatic carboxylic acids is 1. The molecule has 1 aromatic carbocycles. The Hall–Kier alpha value is -1.43. The van der Waals surface area contributed by atoms with Crippen LogP contribution in [0.3, 0.4) is 0 Å². The number of carboxylic acids is 1. The lowest BCUT2D eigenvalue weighted by atomic mass is 10.1. The van der Waals surface area contributed by atoms with Crippen molar-refractivity contribution in [2.24, 2.45) is 0 Å². The third-order valence-electron chi connectivity index (χ3n) is 2.11. The first kappa shape index (κ1) is 13.6. The van der Waals surface area contributed by atoms with Crippen molar-refractivity contribution in [3.8, 4) is 0 Å². The predicted octanol–water partition coefficient (Wildman–Crippen LogP) is 1.72. The van der Waals surface area contributed by atoms with Crippen LogP contribution in [0.4, 0.5) is 4.39 Å². The van der Waals surface area contributed by atoms with Crippen LogP contribution in [0.5, 0.6) is 0 Å². The second-order valence-corrected chi connectivity index (χ2v) is 4.45. The number of carbonyl (C=O) groups is 2. The summed E-state index contributed by atoms with van der Waals surface area (Å²) in [5.74, 6) is -2.16.